The lowest BCUT2D eigenvalue weighted by atomic mass is 9.73. The van der Waals surface area contributed by atoms with Crippen molar-refractivity contribution in [3.8, 4) is 12.3 Å². The van der Waals surface area contributed by atoms with Crippen LogP contribution in [0.25, 0.3) is 0 Å². The molecule has 2 aliphatic heterocycles. The second-order valence-corrected chi connectivity index (χ2v) is 6.15. The number of piperidine rings is 2. The van der Waals surface area contributed by atoms with Crippen molar-refractivity contribution < 1.29 is 9.53 Å². The molecule has 0 aromatic rings. The van der Waals surface area contributed by atoms with E-state index in [4.69, 9.17) is 11.2 Å². The van der Waals surface area contributed by atoms with Gasteiger partial charge in [0.05, 0.1) is 0 Å². The van der Waals surface area contributed by atoms with E-state index in [1.54, 1.807) is 0 Å². The third-order valence-corrected chi connectivity index (χ3v) is 3.62. The summed E-state index contributed by atoms with van der Waals surface area (Å²) in [6.07, 6.45) is 8.64. The van der Waals surface area contributed by atoms with Crippen LogP contribution in [0.1, 0.15) is 40.0 Å². The zero-order valence-corrected chi connectivity index (χ0v) is 10.9. The van der Waals surface area contributed by atoms with E-state index in [1.165, 1.54) is 6.42 Å². The summed E-state index contributed by atoms with van der Waals surface area (Å²) in [6.45, 7) is 6.50. The van der Waals surface area contributed by atoms with Crippen LogP contribution < -0.4 is 0 Å². The Morgan fingerprint density at radius 1 is 1.41 bits per heavy atom. The number of rotatable bonds is 0. The van der Waals surface area contributed by atoms with Crippen molar-refractivity contribution in [1.82, 2.24) is 4.90 Å². The number of carbonyl (C=O) groups excluding carboxylic acids is 1. The highest BCUT2D eigenvalue weighted by Crippen LogP contribution is 2.39. The van der Waals surface area contributed by atoms with Crippen LogP contribution in [0.5, 0.6) is 0 Å². The number of ether oxygens (including phenoxy) is 1. The van der Waals surface area contributed by atoms with Gasteiger partial charge in [0.15, 0.2) is 0 Å². The Bertz CT molecular complexity index is 350. The molecule has 1 amide bonds. The third kappa shape index (κ3) is 2.57. The van der Waals surface area contributed by atoms with Crippen molar-refractivity contribution in [3.05, 3.63) is 0 Å². The van der Waals surface area contributed by atoms with Crippen molar-refractivity contribution in [3.63, 3.8) is 0 Å². The van der Waals surface area contributed by atoms with Gasteiger partial charge in [-0.15, -0.1) is 12.3 Å². The van der Waals surface area contributed by atoms with Gasteiger partial charge in [-0.2, -0.15) is 0 Å². The molecule has 17 heavy (non-hydrogen) atoms. The molecule has 3 heteroatoms. The summed E-state index contributed by atoms with van der Waals surface area (Å²) in [6, 6.07) is 0.194. The number of nitrogens with zero attached hydrogens (tertiary/aromatic N) is 1. The summed E-state index contributed by atoms with van der Waals surface area (Å²) in [5.74, 6) is 3.61. The minimum atomic E-state index is -0.431. The molecular formula is C14H21NO2. The molecule has 1 aliphatic carbocycles. The molecule has 0 aromatic carbocycles. The van der Waals surface area contributed by atoms with Gasteiger partial charge in [-0.1, -0.05) is 0 Å². The fourth-order valence-corrected chi connectivity index (χ4v) is 2.90. The molecule has 2 heterocycles. The number of hydrogen-bond donors (Lipinski definition) is 0. The Labute approximate surface area is 104 Å². The quantitative estimate of drug-likeness (QED) is 0.604. The van der Waals surface area contributed by atoms with Crippen LogP contribution in [0.4, 0.5) is 4.79 Å². The van der Waals surface area contributed by atoms with Crippen molar-refractivity contribution in [2.45, 2.75) is 51.7 Å². The first kappa shape index (κ1) is 12.3. The molecule has 0 N–H and O–H groups in total. The lowest BCUT2D eigenvalue weighted by Gasteiger charge is -2.48. The van der Waals surface area contributed by atoms with Gasteiger partial charge in [0.1, 0.15) is 5.60 Å². The number of fused-ring (bicyclic) bond motifs is 3. The van der Waals surface area contributed by atoms with Crippen LogP contribution in [-0.4, -0.2) is 29.2 Å². The topological polar surface area (TPSA) is 29.5 Å². The molecule has 2 saturated heterocycles. The van der Waals surface area contributed by atoms with Crippen molar-refractivity contribution in [2.24, 2.45) is 11.8 Å². The molecule has 3 rings (SSSR count). The maximum absolute atomic E-state index is 12.1. The molecule has 0 aromatic heterocycles. The molecule has 0 radical (unpaired) electrons. The molecular weight excluding hydrogens is 214 g/mol. The summed E-state index contributed by atoms with van der Waals surface area (Å²) < 4.78 is 5.44. The lowest BCUT2D eigenvalue weighted by Crippen LogP contribution is -2.56. The molecule has 1 saturated carbocycles. The summed E-state index contributed by atoms with van der Waals surface area (Å²) >= 11 is 0. The normalized spacial score (nSPS) is 32.1. The largest absolute Gasteiger partial charge is 0.444 e. The predicted octanol–water partition coefficient (Wildman–Crippen LogP) is 2.66. The van der Waals surface area contributed by atoms with Crippen molar-refractivity contribution in [2.75, 3.05) is 6.54 Å². The molecule has 3 unspecified atom stereocenters. The van der Waals surface area contributed by atoms with Crippen LogP contribution in [-0.2, 0) is 4.74 Å². The van der Waals surface area contributed by atoms with E-state index in [9.17, 15) is 4.79 Å². The monoisotopic (exact) mass is 235 g/mol. The maximum Gasteiger partial charge on any atom is 0.410 e. The number of amides is 1. The van der Waals surface area contributed by atoms with E-state index in [2.05, 4.69) is 5.92 Å². The maximum atomic E-state index is 12.1. The Hall–Kier alpha value is -1.17. The number of carbonyl (C=O) groups is 1. The molecule has 2 bridgehead atoms. The molecule has 3 nitrogen and oxygen atoms in total. The highest BCUT2D eigenvalue weighted by Gasteiger charge is 2.43. The molecule has 3 fully saturated rings. The first-order valence-corrected chi connectivity index (χ1v) is 6.36. The summed E-state index contributed by atoms with van der Waals surface area (Å²) in [5.41, 5.74) is -0.431. The van der Waals surface area contributed by atoms with Gasteiger partial charge < -0.3 is 9.64 Å². The van der Waals surface area contributed by atoms with E-state index in [1.807, 2.05) is 25.7 Å². The molecule has 3 atom stereocenters. The van der Waals surface area contributed by atoms with E-state index in [-0.39, 0.29) is 18.1 Å². The Kier molecular flexibility index (Phi) is 3.07. The fraction of sp³-hybridized carbons (Fsp3) is 0.786. The van der Waals surface area contributed by atoms with Crippen LogP contribution in [0.3, 0.4) is 0 Å². The SMILES string of the molecule is C#CC1CC2CCC1N(C(=O)OC(C)(C)C)C2. The smallest absolute Gasteiger partial charge is 0.410 e. The molecule has 3 aliphatic rings. The highest BCUT2D eigenvalue weighted by atomic mass is 16.6. The van der Waals surface area contributed by atoms with Gasteiger partial charge in [0.2, 0.25) is 0 Å². The van der Waals surface area contributed by atoms with Gasteiger partial charge in [0, 0.05) is 18.5 Å². The van der Waals surface area contributed by atoms with Crippen molar-refractivity contribution >= 4 is 6.09 Å². The van der Waals surface area contributed by atoms with E-state index >= 15 is 0 Å². The summed E-state index contributed by atoms with van der Waals surface area (Å²) in [7, 11) is 0. The van der Waals surface area contributed by atoms with Gasteiger partial charge in [-0.25, -0.2) is 4.79 Å². The van der Waals surface area contributed by atoms with E-state index in [0.717, 1.165) is 19.4 Å². The van der Waals surface area contributed by atoms with Gasteiger partial charge in [-0.3, -0.25) is 0 Å². The van der Waals surface area contributed by atoms with Gasteiger partial charge >= 0.3 is 6.09 Å². The fourth-order valence-electron chi connectivity index (χ4n) is 2.90. The van der Waals surface area contributed by atoms with Crippen LogP contribution >= 0.6 is 0 Å². The summed E-state index contributed by atoms with van der Waals surface area (Å²) in [4.78, 5) is 14.0. The third-order valence-electron chi connectivity index (χ3n) is 3.62. The Morgan fingerprint density at radius 3 is 2.65 bits per heavy atom. The average molecular weight is 235 g/mol. The second-order valence-electron chi connectivity index (χ2n) is 6.15. The standard InChI is InChI=1S/C14H21NO2/c1-5-11-8-10-6-7-12(11)15(9-10)13(16)17-14(2,3)4/h1,10-12H,6-9H2,2-4H3. The van der Waals surface area contributed by atoms with Crippen molar-refractivity contribution in [1.29, 1.82) is 0 Å². The predicted molar refractivity (Wildman–Crippen MR) is 66.4 cm³/mol. The molecule has 94 valence electrons. The van der Waals surface area contributed by atoms with Crippen LogP contribution in [0, 0.1) is 24.2 Å². The van der Waals surface area contributed by atoms with E-state index < -0.39 is 5.60 Å². The summed E-state index contributed by atoms with van der Waals surface area (Å²) in [5, 5.41) is 0. The second kappa shape index (κ2) is 4.25. The highest BCUT2D eigenvalue weighted by molar-refractivity contribution is 5.69. The van der Waals surface area contributed by atoms with Gasteiger partial charge in [-0.05, 0) is 46.0 Å². The number of hydrogen-bond acceptors (Lipinski definition) is 2. The Balaban J connectivity index is 2.07. The first-order valence-electron chi connectivity index (χ1n) is 6.36. The average Bonchev–Trinajstić information content (AvgIpc) is 2.27. The van der Waals surface area contributed by atoms with Gasteiger partial charge in [0.25, 0.3) is 0 Å². The first-order chi connectivity index (χ1) is 7.90. The van der Waals surface area contributed by atoms with E-state index in [0.29, 0.717) is 5.92 Å². The number of terminal acetylenes is 1. The minimum absolute atomic E-state index is 0.194. The zero-order chi connectivity index (χ0) is 12.6. The van der Waals surface area contributed by atoms with Crippen LogP contribution in [0.2, 0.25) is 0 Å². The molecule has 0 spiro atoms. The minimum Gasteiger partial charge on any atom is -0.444 e. The van der Waals surface area contributed by atoms with Crippen LogP contribution in [0.15, 0.2) is 0 Å². The Morgan fingerprint density at radius 2 is 2.12 bits per heavy atom. The lowest BCUT2D eigenvalue weighted by molar-refractivity contribution is -0.0224. The zero-order valence-electron chi connectivity index (χ0n) is 10.9.